The van der Waals surface area contributed by atoms with E-state index in [4.69, 9.17) is 10.4 Å². The fourth-order valence-electron chi connectivity index (χ4n) is 0.534. The summed E-state index contributed by atoms with van der Waals surface area (Å²) >= 11 is 0. The smallest absolute Gasteiger partial charge is 0.206 e. The zero-order chi connectivity index (χ0) is 6.69. The molecule has 0 aliphatic carbocycles. The molecule has 0 amide bonds. The van der Waals surface area contributed by atoms with Crippen LogP contribution in [0.25, 0.3) is 0 Å². The summed E-state index contributed by atoms with van der Waals surface area (Å²) in [5.41, 5.74) is 0. The number of benzene rings is 1. The largest absolute Gasteiger partial charge is 0.504 e. The minimum Gasteiger partial charge on any atom is -0.504 e. The van der Waals surface area contributed by atoms with Crippen molar-refractivity contribution in [1.29, 1.82) is 0 Å². The summed E-state index contributed by atoms with van der Waals surface area (Å²) in [6, 6.07) is 6.16. The fourth-order valence-corrected chi connectivity index (χ4v) is 0.534. The summed E-state index contributed by atoms with van der Waals surface area (Å²) in [5.74, 6) is -0.00231. The standard InChI is InChI=1S/C6H6O3/c7-5-3-1-2-4-6(5)9-8/h1-4,7-8H. The van der Waals surface area contributed by atoms with Crippen molar-refractivity contribution in [2.45, 2.75) is 0 Å². The normalized spacial score (nSPS) is 9.00. The van der Waals surface area contributed by atoms with E-state index in [0.29, 0.717) is 0 Å². The lowest BCUT2D eigenvalue weighted by Crippen LogP contribution is -1.82. The third-order valence-electron chi connectivity index (χ3n) is 0.964. The summed E-state index contributed by atoms with van der Waals surface area (Å²) in [6.07, 6.45) is 0. The summed E-state index contributed by atoms with van der Waals surface area (Å²) in [4.78, 5) is 3.79. The highest BCUT2D eigenvalue weighted by molar-refractivity contribution is 5.37. The molecule has 0 aliphatic heterocycles. The predicted octanol–water partition coefficient (Wildman–Crippen LogP) is 1.24. The van der Waals surface area contributed by atoms with Gasteiger partial charge in [0, 0.05) is 0 Å². The van der Waals surface area contributed by atoms with Gasteiger partial charge in [-0.25, -0.2) is 5.26 Å². The second-order valence-corrected chi connectivity index (χ2v) is 1.56. The molecule has 0 aliphatic rings. The summed E-state index contributed by atoms with van der Waals surface area (Å²) in [5, 5.41) is 16.9. The van der Waals surface area contributed by atoms with Gasteiger partial charge in [-0.05, 0) is 12.1 Å². The van der Waals surface area contributed by atoms with Crippen LogP contribution in [0.1, 0.15) is 0 Å². The maximum Gasteiger partial charge on any atom is 0.206 e. The minimum absolute atomic E-state index is 0.0671. The average Bonchev–Trinajstić information content (AvgIpc) is 1.89. The van der Waals surface area contributed by atoms with Crippen LogP contribution in [-0.4, -0.2) is 10.4 Å². The fraction of sp³-hybridized carbons (Fsp3) is 0. The van der Waals surface area contributed by atoms with Crippen molar-refractivity contribution in [3.05, 3.63) is 24.3 Å². The van der Waals surface area contributed by atoms with Crippen molar-refractivity contribution >= 4 is 0 Å². The van der Waals surface area contributed by atoms with Crippen molar-refractivity contribution in [3.63, 3.8) is 0 Å². The van der Waals surface area contributed by atoms with Crippen LogP contribution in [0.2, 0.25) is 0 Å². The van der Waals surface area contributed by atoms with Crippen molar-refractivity contribution in [2.75, 3.05) is 0 Å². The second kappa shape index (κ2) is 2.37. The molecule has 0 saturated heterocycles. The molecule has 48 valence electrons. The molecule has 1 aromatic rings. The number of aromatic hydroxyl groups is 1. The quantitative estimate of drug-likeness (QED) is 0.439. The van der Waals surface area contributed by atoms with Gasteiger partial charge in [0.25, 0.3) is 0 Å². The van der Waals surface area contributed by atoms with Crippen LogP contribution in [0, 0.1) is 0 Å². The van der Waals surface area contributed by atoms with E-state index < -0.39 is 0 Å². The Morgan fingerprint density at radius 3 is 2.33 bits per heavy atom. The lowest BCUT2D eigenvalue weighted by molar-refractivity contribution is -0.139. The monoisotopic (exact) mass is 126 g/mol. The van der Waals surface area contributed by atoms with Crippen molar-refractivity contribution in [1.82, 2.24) is 0 Å². The highest BCUT2D eigenvalue weighted by Crippen LogP contribution is 2.22. The number of hydrogen-bond acceptors (Lipinski definition) is 3. The van der Waals surface area contributed by atoms with Gasteiger partial charge in [-0.3, -0.25) is 0 Å². The molecular formula is C6H6O3. The molecule has 0 atom stereocenters. The average molecular weight is 126 g/mol. The van der Waals surface area contributed by atoms with Crippen molar-refractivity contribution in [3.8, 4) is 11.5 Å². The van der Waals surface area contributed by atoms with Crippen LogP contribution >= 0.6 is 0 Å². The second-order valence-electron chi connectivity index (χ2n) is 1.56. The zero-order valence-electron chi connectivity index (χ0n) is 4.61. The van der Waals surface area contributed by atoms with Gasteiger partial charge in [-0.1, -0.05) is 12.1 Å². The molecule has 0 aromatic heterocycles. The van der Waals surface area contributed by atoms with Crippen LogP contribution in [0.3, 0.4) is 0 Å². The molecule has 1 rings (SSSR count). The summed E-state index contributed by atoms with van der Waals surface area (Å²) in [7, 11) is 0. The van der Waals surface area contributed by atoms with Gasteiger partial charge in [-0.15, -0.1) is 0 Å². The van der Waals surface area contributed by atoms with E-state index in [0.717, 1.165) is 0 Å². The SMILES string of the molecule is OOc1ccccc1O. The van der Waals surface area contributed by atoms with Crippen molar-refractivity contribution < 1.29 is 15.3 Å². The number of rotatable bonds is 1. The third kappa shape index (κ3) is 1.12. The lowest BCUT2D eigenvalue weighted by atomic mass is 10.3. The minimum atomic E-state index is -0.0694. The van der Waals surface area contributed by atoms with E-state index in [-0.39, 0.29) is 11.5 Å². The Labute approximate surface area is 52.1 Å². The van der Waals surface area contributed by atoms with Crippen LogP contribution in [0.15, 0.2) is 24.3 Å². The van der Waals surface area contributed by atoms with E-state index in [1.807, 2.05) is 0 Å². The molecule has 0 bridgehead atoms. The maximum atomic E-state index is 8.83. The molecule has 0 spiro atoms. The molecule has 3 nitrogen and oxygen atoms in total. The topological polar surface area (TPSA) is 49.7 Å². The Kier molecular flexibility index (Phi) is 1.55. The van der Waals surface area contributed by atoms with Crippen LogP contribution in [-0.2, 0) is 0 Å². The number of phenols is 1. The molecule has 1 aromatic carbocycles. The van der Waals surface area contributed by atoms with Crippen LogP contribution in [0.5, 0.6) is 11.5 Å². The first-order valence-electron chi connectivity index (χ1n) is 2.44. The van der Waals surface area contributed by atoms with Crippen LogP contribution < -0.4 is 4.89 Å². The number of hydrogen-bond donors (Lipinski definition) is 2. The highest BCUT2D eigenvalue weighted by atomic mass is 17.1. The Balaban J connectivity index is 3.01. The first kappa shape index (κ1) is 5.91. The first-order valence-corrected chi connectivity index (χ1v) is 2.44. The Hall–Kier alpha value is -1.22. The molecule has 0 fully saturated rings. The predicted molar refractivity (Wildman–Crippen MR) is 31.4 cm³/mol. The third-order valence-corrected chi connectivity index (χ3v) is 0.964. The number of phenolic OH excluding ortho intramolecular Hbond substituents is 1. The van der Waals surface area contributed by atoms with Crippen LogP contribution in [0.4, 0.5) is 0 Å². The van der Waals surface area contributed by atoms with E-state index in [9.17, 15) is 0 Å². The first-order chi connectivity index (χ1) is 4.34. The van der Waals surface area contributed by atoms with Gasteiger partial charge < -0.3 is 9.99 Å². The molecule has 2 N–H and O–H groups in total. The maximum absolute atomic E-state index is 8.83. The van der Waals surface area contributed by atoms with E-state index in [1.54, 1.807) is 12.1 Å². The molecule has 0 unspecified atom stereocenters. The Morgan fingerprint density at radius 2 is 1.89 bits per heavy atom. The molecule has 0 radical (unpaired) electrons. The summed E-state index contributed by atoms with van der Waals surface area (Å²) < 4.78 is 0. The van der Waals surface area contributed by atoms with Gasteiger partial charge in [0.15, 0.2) is 5.75 Å². The molecule has 3 heteroatoms. The van der Waals surface area contributed by atoms with Gasteiger partial charge in [-0.2, -0.15) is 0 Å². The lowest BCUT2D eigenvalue weighted by Gasteiger charge is -1.96. The number of para-hydroxylation sites is 2. The van der Waals surface area contributed by atoms with Gasteiger partial charge in [0.1, 0.15) is 0 Å². The molecule has 9 heavy (non-hydrogen) atoms. The molecule has 0 saturated carbocycles. The Bertz CT molecular complexity index is 197. The van der Waals surface area contributed by atoms with Gasteiger partial charge in [0.05, 0.1) is 0 Å². The molecule has 0 heterocycles. The van der Waals surface area contributed by atoms with Gasteiger partial charge in [0.2, 0.25) is 5.75 Å². The zero-order valence-corrected chi connectivity index (χ0v) is 4.61. The van der Waals surface area contributed by atoms with Gasteiger partial charge >= 0.3 is 0 Å². The van der Waals surface area contributed by atoms with Crippen molar-refractivity contribution in [2.24, 2.45) is 0 Å². The van der Waals surface area contributed by atoms with E-state index in [1.165, 1.54) is 12.1 Å². The van der Waals surface area contributed by atoms with E-state index in [2.05, 4.69) is 4.89 Å². The summed E-state index contributed by atoms with van der Waals surface area (Å²) in [6.45, 7) is 0. The molecular weight excluding hydrogens is 120 g/mol. The highest BCUT2D eigenvalue weighted by Gasteiger charge is 1.96. The van der Waals surface area contributed by atoms with E-state index >= 15 is 0 Å². The Morgan fingerprint density at radius 1 is 1.22 bits per heavy atom.